The number of likely N-dealkylation sites (tertiary alicyclic amines) is 1. The van der Waals surface area contributed by atoms with E-state index >= 15 is 0 Å². The lowest BCUT2D eigenvalue weighted by atomic mass is 10.1. The van der Waals surface area contributed by atoms with Gasteiger partial charge in [0, 0.05) is 22.0 Å². The van der Waals surface area contributed by atoms with Gasteiger partial charge in [0.25, 0.3) is 5.91 Å². The molecule has 3 aromatic rings. The molecule has 1 aliphatic rings. The van der Waals surface area contributed by atoms with Gasteiger partial charge >= 0.3 is 0 Å². The predicted molar refractivity (Wildman–Crippen MR) is 103 cm³/mol. The van der Waals surface area contributed by atoms with E-state index in [4.69, 9.17) is 8.83 Å². The Hall–Kier alpha value is -2.05. The summed E-state index contributed by atoms with van der Waals surface area (Å²) in [4.78, 5) is 15.1. The zero-order chi connectivity index (χ0) is 18.1. The highest BCUT2D eigenvalue weighted by molar-refractivity contribution is 9.10. The zero-order valence-corrected chi connectivity index (χ0v) is 16.2. The van der Waals surface area contributed by atoms with Crippen LogP contribution in [0.3, 0.4) is 0 Å². The second kappa shape index (κ2) is 7.29. The Bertz CT molecular complexity index is 911. The highest BCUT2D eigenvalue weighted by Crippen LogP contribution is 2.29. The van der Waals surface area contributed by atoms with Crippen LogP contribution in [0.2, 0.25) is 0 Å². The fourth-order valence-electron chi connectivity index (χ4n) is 3.62. The molecule has 1 saturated heterocycles. The van der Waals surface area contributed by atoms with Crippen molar-refractivity contribution >= 4 is 32.8 Å². The maximum Gasteiger partial charge on any atom is 0.287 e. The normalized spacial score (nSPS) is 16.2. The number of aryl methyl sites for hydroxylation is 1. The number of benzene rings is 1. The Morgan fingerprint density at radius 1 is 1.31 bits per heavy atom. The maximum absolute atomic E-state index is 12.7. The first-order chi connectivity index (χ1) is 12.6. The van der Waals surface area contributed by atoms with Crippen molar-refractivity contribution in [3.05, 3.63) is 58.2 Å². The summed E-state index contributed by atoms with van der Waals surface area (Å²) in [5, 5.41) is 3.99. The number of hydrogen-bond acceptors (Lipinski definition) is 4. The number of amides is 1. The number of nitrogens with one attached hydrogen (secondary N) is 1. The lowest BCUT2D eigenvalue weighted by molar-refractivity contribution is 0.0907. The fraction of sp³-hybridized carbons (Fsp3) is 0.350. The van der Waals surface area contributed by atoms with Crippen LogP contribution in [0.5, 0.6) is 0 Å². The Labute approximate surface area is 160 Å². The molecule has 0 unspecified atom stereocenters. The van der Waals surface area contributed by atoms with E-state index in [2.05, 4.69) is 26.1 Å². The molecule has 1 atom stereocenters. The molecule has 136 valence electrons. The lowest BCUT2D eigenvalue weighted by Gasteiger charge is -2.25. The molecule has 1 fully saturated rings. The predicted octanol–water partition coefficient (Wildman–Crippen LogP) is 4.66. The molecule has 0 aliphatic carbocycles. The number of carbonyl (C=O) groups is 1. The third-order valence-corrected chi connectivity index (χ3v) is 5.51. The van der Waals surface area contributed by atoms with Crippen LogP contribution in [0, 0.1) is 6.92 Å². The van der Waals surface area contributed by atoms with Crippen molar-refractivity contribution in [3.8, 4) is 0 Å². The van der Waals surface area contributed by atoms with Gasteiger partial charge in [0.1, 0.15) is 11.3 Å². The minimum Gasteiger partial charge on any atom is -0.468 e. The van der Waals surface area contributed by atoms with E-state index in [9.17, 15) is 4.79 Å². The molecule has 0 bridgehead atoms. The van der Waals surface area contributed by atoms with Crippen LogP contribution < -0.4 is 5.32 Å². The van der Waals surface area contributed by atoms with E-state index in [-0.39, 0.29) is 11.9 Å². The number of rotatable bonds is 5. The summed E-state index contributed by atoms with van der Waals surface area (Å²) in [6.45, 7) is 4.46. The molecule has 1 amide bonds. The standard InChI is InChI=1S/C20H21BrN2O3/c1-13-15-11-14(21)6-7-17(15)26-19(13)20(24)22-12-16(18-5-4-10-25-18)23-8-2-3-9-23/h4-7,10-11,16H,2-3,8-9,12H2,1H3,(H,22,24)/t16-/m1/s1. The van der Waals surface area contributed by atoms with E-state index < -0.39 is 0 Å². The van der Waals surface area contributed by atoms with Crippen LogP contribution in [0.1, 0.15) is 40.8 Å². The van der Waals surface area contributed by atoms with Crippen LogP contribution in [-0.2, 0) is 0 Å². The van der Waals surface area contributed by atoms with Gasteiger partial charge in [0.2, 0.25) is 0 Å². The van der Waals surface area contributed by atoms with Gasteiger partial charge in [0.05, 0.1) is 12.3 Å². The summed E-state index contributed by atoms with van der Waals surface area (Å²) in [5.74, 6) is 1.07. The van der Waals surface area contributed by atoms with Crippen LogP contribution in [0.15, 0.2) is 49.9 Å². The highest BCUT2D eigenvalue weighted by atomic mass is 79.9. The van der Waals surface area contributed by atoms with Crippen molar-refractivity contribution in [2.75, 3.05) is 19.6 Å². The van der Waals surface area contributed by atoms with Gasteiger partial charge in [-0.3, -0.25) is 9.69 Å². The first-order valence-corrected chi connectivity index (χ1v) is 9.67. The summed E-state index contributed by atoms with van der Waals surface area (Å²) in [7, 11) is 0. The monoisotopic (exact) mass is 416 g/mol. The van der Waals surface area contributed by atoms with E-state index in [0.29, 0.717) is 12.3 Å². The van der Waals surface area contributed by atoms with Gasteiger partial charge in [-0.25, -0.2) is 0 Å². The van der Waals surface area contributed by atoms with Gasteiger partial charge < -0.3 is 14.2 Å². The number of carbonyl (C=O) groups excluding carboxylic acids is 1. The van der Waals surface area contributed by atoms with Crippen molar-refractivity contribution in [2.45, 2.75) is 25.8 Å². The molecule has 1 aliphatic heterocycles. The molecule has 6 heteroatoms. The largest absolute Gasteiger partial charge is 0.468 e. The highest BCUT2D eigenvalue weighted by Gasteiger charge is 2.27. The number of nitrogens with zero attached hydrogens (tertiary/aromatic N) is 1. The lowest BCUT2D eigenvalue weighted by Crippen LogP contribution is -2.36. The fourth-order valence-corrected chi connectivity index (χ4v) is 3.98. The summed E-state index contributed by atoms with van der Waals surface area (Å²) in [5.41, 5.74) is 1.58. The smallest absolute Gasteiger partial charge is 0.287 e. The molecule has 5 nitrogen and oxygen atoms in total. The minimum absolute atomic E-state index is 0.0512. The summed E-state index contributed by atoms with van der Waals surface area (Å²) >= 11 is 3.46. The van der Waals surface area contributed by atoms with Crippen molar-refractivity contribution in [2.24, 2.45) is 0 Å². The number of halogens is 1. The average Bonchev–Trinajstić information content (AvgIpc) is 3.38. The Balaban J connectivity index is 1.53. The van der Waals surface area contributed by atoms with Crippen LogP contribution in [0.25, 0.3) is 11.0 Å². The van der Waals surface area contributed by atoms with E-state index in [0.717, 1.165) is 39.9 Å². The Kier molecular flexibility index (Phi) is 4.87. The van der Waals surface area contributed by atoms with Gasteiger partial charge in [-0.1, -0.05) is 15.9 Å². The number of hydrogen-bond donors (Lipinski definition) is 1. The third kappa shape index (κ3) is 3.31. The SMILES string of the molecule is Cc1c(C(=O)NC[C@H](c2ccco2)N2CCCC2)oc2ccc(Br)cc12. The first kappa shape index (κ1) is 17.4. The van der Waals surface area contributed by atoms with E-state index in [1.165, 1.54) is 12.8 Å². The number of fused-ring (bicyclic) bond motifs is 1. The van der Waals surface area contributed by atoms with Crippen molar-refractivity contribution in [1.29, 1.82) is 0 Å². The van der Waals surface area contributed by atoms with E-state index in [1.807, 2.05) is 37.3 Å². The summed E-state index contributed by atoms with van der Waals surface area (Å²) in [6.07, 6.45) is 4.05. The van der Waals surface area contributed by atoms with Crippen molar-refractivity contribution in [3.63, 3.8) is 0 Å². The molecule has 0 saturated carbocycles. The Morgan fingerprint density at radius 2 is 2.12 bits per heavy atom. The third-order valence-electron chi connectivity index (χ3n) is 5.01. The molecular formula is C20H21BrN2O3. The quantitative estimate of drug-likeness (QED) is 0.656. The molecule has 0 spiro atoms. The van der Waals surface area contributed by atoms with E-state index in [1.54, 1.807) is 6.26 Å². The molecular weight excluding hydrogens is 396 g/mol. The van der Waals surface area contributed by atoms with Crippen LogP contribution in [0.4, 0.5) is 0 Å². The molecule has 2 aromatic heterocycles. The summed E-state index contributed by atoms with van der Waals surface area (Å²) < 4.78 is 12.4. The maximum atomic E-state index is 12.7. The zero-order valence-electron chi connectivity index (χ0n) is 14.6. The van der Waals surface area contributed by atoms with Crippen LogP contribution in [-0.4, -0.2) is 30.4 Å². The molecule has 1 aromatic carbocycles. The van der Waals surface area contributed by atoms with Gasteiger partial charge in [-0.2, -0.15) is 0 Å². The molecule has 26 heavy (non-hydrogen) atoms. The average molecular weight is 417 g/mol. The molecule has 4 rings (SSSR count). The second-order valence-corrected chi connectivity index (χ2v) is 7.60. The molecule has 3 heterocycles. The van der Waals surface area contributed by atoms with Crippen LogP contribution >= 0.6 is 15.9 Å². The second-order valence-electron chi connectivity index (χ2n) is 6.68. The topological polar surface area (TPSA) is 58.6 Å². The number of furan rings is 2. The molecule has 0 radical (unpaired) electrons. The molecule has 1 N–H and O–H groups in total. The van der Waals surface area contributed by atoms with Gasteiger partial charge in [-0.05, 0) is 63.2 Å². The van der Waals surface area contributed by atoms with Gasteiger partial charge in [-0.15, -0.1) is 0 Å². The van der Waals surface area contributed by atoms with Gasteiger partial charge in [0.15, 0.2) is 5.76 Å². The Morgan fingerprint density at radius 3 is 2.85 bits per heavy atom. The van der Waals surface area contributed by atoms with Crippen molar-refractivity contribution in [1.82, 2.24) is 10.2 Å². The minimum atomic E-state index is -0.189. The summed E-state index contributed by atoms with van der Waals surface area (Å²) in [6, 6.07) is 9.67. The first-order valence-electron chi connectivity index (χ1n) is 8.88. The van der Waals surface area contributed by atoms with Crippen molar-refractivity contribution < 1.29 is 13.6 Å².